The van der Waals surface area contributed by atoms with E-state index in [1.165, 1.54) is 0 Å². The van der Waals surface area contributed by atoms with Crippen LogP contribution in [0.25, 0.3) is 11.4 Å². The van der Waals surface area contributed by atoms with Crippen LogP contribution >= 0.6 is 11.6 Å². The molecule has 2 aromatic heterocycles. The number of hydrogen-bond donors (Lipinski definition) is 2. The summed E-state index contributed by atoms with van der Waals surface area (Å²) in [5, 5.41) is 0.695. The SMILES string of the molecule is COc1cc(-c2ccc[nH]2)[nH]c1C=Nc1ccc(Cl)cc1. The molecule has 5 heteroatoms. The molecule has 21 heavy (non-hydrogen) atoms. The van der Waals surface area contributed by atoms with Gasteiger partial charge in [0.2, 0.25) is 0 Å². The maximum Gasteiger partial charge on any atom is 0.146 e. The Bertz CT molecular complexity index is 742. The maximum absolute atomic E-state index is 5.86. The van der Waals surface area contributed by atoms with E-state index in [-0.39, 0.29) is 0 Å². The zero-order chi connectivity index (χ0) is 14.7. The Balaban J connectivity index is 1.89. The van der Waals surface area contributed by atoms with Crippen molar-refractivity contribution in [2.24, 2.45) is 4.99 Å². The number of ether oxygens (including phenoxy) is 1. The van der Waals surface area contributed by atoms with Gasteiger partial charge in [-0.05, 0) is 36.4 Å². The molecule has 4 nitrogen and oxygen atoms in total. The minimum atomic E-state index is 0.695. The predicted octanol–water partition coefficient (Wildman–Crippen LogP) is 4.42. The molecule has 2 heterocycles. The first-order valence-corrected chi connectivity index (χ1v) is 6.84. The van der Waals surface area contributed by atoms with Crippen molar-refractivity contribution in [2.45, 2.75) is 0 Å². The van der Waals surface area contributed by atoms with Crippen molar-refractivity contribution >= 4 is 23.5 Å². The summed E-state index contributed by atoms with van der Waals surface area (Å²) in [6.07, 6.45) is 3.62. The highest BCUT2D eigenvalue weighted by Crippen LogP contribution is 2.25. The fraction of sp³-hybridized carbons (Fsp3) is 0.0625. The standard InChI is InChI=1S/C16H14ClN3O/c1-21-16-9-14(13-3-2-8-18-13)20-15(16)10-19-12-6-4-11(17)5-7-12/h2-10,18,20H,1H3. The summed E-state index contributed by atoms with van der Waals surface area (Å²) in [5.41, 5.74) is 3.60. The van der Waals surface area contributed by atoms with Crippen LogP contribution in [0.3, 0.4) is 0 Å². The number of aliphatic imine (C=N–C) groups is 1. The highest BCUT2D eigenvalue weighted by Gasteiger charge is 2.08. The normalized spacial score (nSPS) is 11.1. The first-order chi connectivity index (χ1) is 10.3. The van der Waals surface area contributed by atoms with Crippen LogP contribution in [0.2, 0.25) is 5.02 Å². The monoisotopic (exact) mass is 299 g/mol. The number of rotatable bonds is 4. The molecule has 3 aromatic rings. The number of H-pyrrole nitrogens is 2. The van der Waals surface area contributed by atoms with Crippen molar-refractivity contribution < 1.29 is 4.74 Å². The lowest BCUT2D eigenvalue weighted by Crippen LogP contribution is -1.87. The summed E-state index contributed by atoms with van der Waals surface area (Å²) in [4.78, 5) is 10.9. The summed E-state index contributed by atoms with van der Waals surface area (Å²) < 4.78 is 5.37. The number of halogens is 1. The minimum absolute atomic E-state index is 0.695. The number of aromatic nitrogens is 2. The Labute approximate surface area is 127 Å². The van der Waals surface area contributed by atoms with Crippen LogP contribution in [0, 0.1) is 0 Å². The van der Waals surface area contributed by atoms with Crippen LogP contribution in [0.5, 0.6) is 5.75 Å². The molecule has 0 radical (unpaired) electrons. The Morgan fingerprint density at radius 3 is 2.62 bits per heavy atom. The lowest BCUT2D eigenvalue weighted by Gasteiger charge is -1.97. The fourth-order valence-electron chi connectivity index (χ4n) is 2.03. The quantitative estimate of drug-likeness (QED) is 0.688. The van der Waals surface area contributed by atoms with Gasteiger partial charge < -0.3 is 14.7 Å². The van der Waals surface area contributed by atoms with Gasteiger partial charge in [0.05, 0.1) is 36.1 Å². The van der Waals surface area contributed by atoms with E-state index in [2.05, 4.69) is 15.0 Å². The summed E-state index contributed by atoms with van der Waals surface area (Å²) >= 11 is 5.86. The number of hydrogen-bond acceptors (Lipinski definition) is 2. The zero-order valence-electron chi connectivity index (χ0n) is 11.4. The molecular formula is C16H14ClN3O. The van der Waals surface area contributed by atoms with Crippen molar-refractivity contribution in [1.29, 1.82) is 0 Å². The van der Waals surface area contributed by atoms with E-state index < -0.39 is 0 Å². The van der Waals surface area contributed by atoms with Gasteiger partial charge in [0.15, 0.2) is 0 Å². The van der Waals surface area contributed by atoms with Gasteiger partial charge in [0.1, 0.15) is 5.75 Å². The van der Waals surface area contributed by atoms with Crippen molar-refractivity contribution in [3.8, 4) is 17.1 Å². The van der Waals surface area contributed by atoms with Crippen molar-refractivity contribution in [1.82, 2.24) is 9.97 Å². The first kappa shape index (κ1) is 13.5. The van der Waals surface area contributed by atoms with Crippen LogP contribution in [0.1, 0.15) is 5.69 Å². The smallest absolute Gasteiger partial charge is 0.146 e. The second kappa shape index (κ2) is 5.89. The van der Waals surface area contributed by atoms with Gasteiger partial charge in [-0.2, -0.15) is 0 Å². The van der Waals surface area contributed by atoms with E-state index in [4.69, 9.17) is 16.3 Å². The predicted molar refractivity (Wildman–Crippen MR) is 85.8 cm³/mol. The summed E-state index contributed by atoms with van der Waals surface area (Å²) in [6, 6.07) is 13.2. The van der Waals surface area contributed by atoms with Crippen LogP contribution in [0.4, 0.5) is 5.69 Å². The third-order valence-corrected chi connectivity index (χ3v) is 3.34. The largest absolute Gasteiger partial charge is 0.494 e. The lowest BCUT2D eigenvalue weighted by molar-refractivity contribution is 0.415. The van der Waals surface area contributed by atoms with Crippen molar-refractivity contribution in [3.63, 3.8) is 0 Å². The highest BCUT2D eigenvalue weighted by molar-refractivity contribution is 6.30. The third kappa shape index (κ3) is 3.01. The molecule has 0 unspecified atom stereocenters. The van der Waals surface area contributed by atoms with Crippen LogP contribution < -0.4 is 4.74 Å². The minimum Gasteiger partial charge on any atom is -0.494 e. The molecule has 0 aliphatic heterocycles. The summed E-state index contributed by atoms with van der Waals surface area (Å²) in [7, 11) is 1.64. The molecular weight excluding hydrogens is 286 g/mol. The second-order valence-electron chi connectivity index (χ2n) is 4.48. The van der Waals surface area contributed by atoms with Gasteiger partial charge in [0.25, 0.3) is 0 Å². The summed E-state index contributed by atoms with van der Waals surface area (Å²) in [6.45, 7) is 0. The Morgan fingerprint density at radius 1 is 1.14 bits per heavy atom. The number of nitrogens with zero attached hydrogens (tertiary/aromatic N) is 1. The molecule has 0 saturated heterocycles. The molecule has 0 amide bonds. The first-order valence-electron chi connectivity index (χ1n) is 6.46. The lowest BCUT2D eigenvalue weighted by atomic mass is 10.3. The second-order valence-corrected chi connectivity index (χ2v) is 4.92. The number of aromatic amines is 2. The van der Waals surface area contributed by atoms with Gasteiger partial charge >= 0.3 is 0 Å². The molecule has 1 aromatic carbocycles. The molecule has 0 aliphatic rings. The van der Waals surface area contributed by atoms with Gasteiger partial charge in [-0.25, -0.2) is 0 Å². The van der Waals surface area contributed by atoms with Crippen LogP contribution in [0.15, 0.2) is 53.7 Å². The fourth-order valence-corrected chi connectivity index (χ4v) is 2.15. The summed E-state index contributed by atoms with van der Waals surface area (Å²) in [5.74, 6) is 0.748. The number of nitrogens with one attached hydrogen (secondary N) is 2. The average molecular weight is 300 g/mol. The van der Waals surface area contributed by atoms with Gasteiger partial charge in [-0.1, -0.05) is 11.6 Å². The Kier molecular flexibility index (Phi) is 3.79. The van der Waals surface area contributed by atoms with E-state index in [9.17, 15) is 0 Å². The molecule has 2 N–H and O–H groups in total. The van der Waals surface area contributed by atoms with E-state index in [0.717, 1.165) is 28.5 Å². The number of benzene rings is 1. The van der Waals surface area contributed by atoms with Gasteiger partial charge in [0, 0.05) is 17.3 Å². The molecule has 0 spiro atoms. The van der Waals surface area contributed by atoms with Gasteiger partial charge in [-0.3, -0.25) is 4.99 Å². The van der Waals surface area contributed by atoms with E-state index in [1.807, 2.05) is 48.7 Å². The van der Waals surface area contributed by atoms with Crippen molar-refractivity contribution in [2.75, 3.05) is 7.11 Å². The molecule has 3 rings (SSSR count). The molecule has 0 bridgehead atoms. The molecule has 0 saturated carbocycles. The molecule has 0 atom stereocenters. The average Bonchev–Trinajstić information content (AvgIpc) is 3.15. The van der Waals surface area contributed by atoms with Crippen LogP contribution in [-0.2, 0) is 0 Å². The Morgan fingerprint density at radius 2 is 1.95 bits per heavy atom. The third-order valence-electron chi connectivity index (χ3n) is 3.09. The van der Waals surface area contributed by atoms with E-state index in [0.29, 0.717) is 5.02 Å². The van der Waals surface area contributed by atoms with Gasteiger partial charge in [-0.15, -0.1) is 0 Å². The van der Waals surface area contributed by atoms with Crippen LogP contribution in [-0.4, -0.2) is 23.3 Å². The zero-order valence-corrected chi connectivity index (χ0v) is 12.2. The van der Waals surface area contributed by atoms with E-state index >= 15 is 0 Å². The topological polar surface area (TPSA) is 53.2 Å². The van der Waals surface area contributed by atoms with Crippen molar-refractivity contribution in [3.05, 3.63) is 59.4 Å². The molecule has 0 fully saturated rings. The Hall–Kier alpha value is -2.46. The highest BCUT2D eigenvalue weighted by atomic mass is 35.5. The number of methoxy groups -OCH3 is 1. The van der Waals surface area contributed by atoms with E-state index in [1.54, 1.807) is 13.3 Å². The maximum atomic E-state index is 5.86. The molecule has 0 aliphatic carbocycles. The molecule has 106 valence electrons.